The number of benzene rings is 1. The molecule has 1 amide bonds. The Morgan fingerprint density at radius 3 is 2.80 bits per heavy atom. The molecule has 1 fully saturated rings. The average molecular weight is 298 g/mol. The van der Waals surface area contributed by atoms with E-state index in [0.717, 1.165) is 0 Å². The highest BCUT2D eigenvalue weighted by atomic mass is 32.2. The van der Waals surface area contributed by atoms with Crippen molar-refractivity contribution in [3.63, 3.8) is 0 Å². The van der Waals surface area contributed by atoms with Crippen LogP contribution in [0.4, 0.5) is 5.69 Å². The summed E-state index contributed by atoms with van der Waals surface area (Å²) in [6.07, 6.45) is 0. The van der Waals surface area contributed by atoms with Crippen molar-refractivity contribution in [1.29, 1.82) is 0 Å². The lowest BCUT2D eigenvalue weighted by Gasteiger charge is -2.26. The number of amides is 1. The van der Waals surface area contributed by atoms with Crippen molar-refractivity contribution >= 4 is 22.4 Å². The summed E-state index contributed by atoms with van der Waals surface area (Å²) in [5, 5.41) is 0. The molecule has 20 heavy (non-hydrogen) atoms. The largest absolute Gasteiger partial charge is 0.497 e. The van der Waals surface area contributed by atoms with Gasteiger partial charge in [0.25, 0.3) is 0 Å². The minimum atomic E-state index is -1.48. The van der Waals surface area contributed by atoms with Crippen LogP contribution in [0.15, 0.2) is 23.1 Å². The number of anilines is 1. The highest BCUT2D eigenvalue weighted by Crippen LogP contribution is 2.23. The fourth-order valence-electron chi connectivity index (χ4n) is 1.93. The van der Waals surface area contributed by atoms with Crippen LogP contribution in [0.2, 0.25) is 0 Å². The van der Waals surface area contributed by atoms with Gasteiger partial charge in [0.15, 0.2) is 0 Å². The number of nitrogen functional groups attached to an aromatic ring is 1. The van der Waals surface area contributed by atoms with E-state index in [-0.39, 0.29) is 11.7 Å². The summed E-state index contributed by atoms with van der Waals surface area (Å²) in [5.74, 6) is 0.354. The molecule has 0 aliphatic carbocycles. The van der Waals surface area contributed by atoms with Gasteiger partial charge in [0, 0.05) is 18.8 Å². The summed E-state index contributed by atoms with van der Waals surface area (Å²) < 4.78 is 22.5. The van der Waals surface area contributed by atoms with Crippen molar-refractivity contribution in [1.82, 2.24) is 4.90 Å². The first-order valence-corrected chi connectivity index (χ1v) is 7.61. The van der Waals surface area contributed by atoms with Crippen LogP contribution in [0.5, 0.6) is 5.75 Å². The molecule has 110 valence electrons. The Bertz CT molecular complexity index is 515. The minimum absolute atomic E-state index is 0.0721. The quantitative estimate of drug-likeness (QED) is 0.806. The first-order valence-electron chi connectivity index (χ1n) is 6.29. The average Bonchev–Trinajstić information content (AvgIpc) is 2.48. The molecule has 6 nitrogen and oxygen atoms in total. The zero-order valence-corrected chi connectivity index (χ0v) is 12.1. The van der Waals surface area contributed by atoms with Crippen LogP contribution in [0.25, 0.3) is 0 Å². The number of carbonyl (C=O) groups excluding carboxylic acids is 1. The fourth-order valence-corrected chi connectivity index (χ4v) is 3.07. The zero-order valence-electron chi connectivity index (χ0n) is 11.3. The van der Waals surface area contributed by atoms with E-state index in [1.165, 1.54) is 7.11 Å². The van der Waals surface area contributed by atoms with Gasteiger partial charge in [0.2, 0.25) is 5.91 Å². The smallest absolute Gasteiger partial charge is 0.235 e. The Hall–Kier alpha value is -1.60. The molecule has 0 bridgehead atoms. The molecule has 0 aromatic heterocycles. The topological polar surface area (TPSA) is 81.9 Å². The van der Waals surface area contributed by atoms with E-state index < -0.39 is 10.8 Å². The number of ether oxygens (including phenoxy) is 2. The van der Waals surface area contributed by atoms with E-state index in [9.17, 15) is 9.00 Å². The van der Waals surface area contributed by atoms with Crippen molar-refractivity contribution in [3.8, 4) is 5.75 Å². The Kier molecular flexibility index (Phi) is 4.97. The van der Waals surface area contributed by atoms with E-state index in [4.69, 9.17) is 15.2 Å². The molecule has 1 atom stereocenters. The van der Waals surface area contributed by atoms with Gasteiger partial charge in [-0.3, -0.25) is 9.00 Å². The van der Waals surface area contributed by atoms with Crippen molar-refractivity contribution in [2.24, 2.45) is 0 Å². The lowest BCUT2D eigenvalue weighted by Crippen LogP contribution is -2.42. The summed E-state index contributed by atoms with van der Waals surface area (Å²) >= 11 is 0. The van der Waals surface area contributed by atoms with Gasteiger partial charge >= 0.3 is 0 Å². The molecule has 0 saturated carbocycles. The van der Waals surface area contributed by atoms with Crippen LogP contribution >= 0.6 is 0 Å². The van der Waals surface area contributed by atoms with Crippen molar-refractivity contribution in [2.45, 2.75) is 4.90 Å². The predicted octanol–water partition coefficient (Wildman–Crippen LogP) is 0.244. The van der Waals surface area contributed by atoms with Crippen molar-refractivity contribution in [3.05, 3.63) is 18.2 Å². The van der Waals surface area contributed by atoms with E-state index in [0.29, 0.717) is 42.6 Å². The molecule has 1 heterocycles. The standard InChI is InChI=1S/C13H18N2O4S/c1-18-10-2-3-11(14)12(8-10)20(17)9-13(16)15-4-6-19-7-5-15/h2-3,8H,4-7,9,14H2,1H3. The van der Waals surface area contributed by atoms with Crippen molar-refractivity contribution < 1.29 is 18.5 Å². The maximum absolute atomic E-state index is 12.3. The van der Waals surface area contributed by atoms with Crippen LogP contribution in [-0.4, -0.2) is 54.2 Å². The first kappa shape index (κ1) is 14.8. The molecular weight excluding hydrogens is 280 g/mol. The fraction of sp³-hybridized carbons (Fsp3) is 0.462. The van der Waals surface area contributed by atoms with Gasteiger partial charge in [-0.1, -0.05) is 0 Å². The van der Waals surface area contributed by atoms with Crippen molar-refractivity contribution in [2.75, 3.05) is 44.9 Å². The second-order valence-electron chi connectivity index (χ2n) is 4.39. The zero-order chi connectivity index (χ0) is 14.5. The van der Waals surface area contributed by atoms with Crippen LogP contribution in [0.1, 0.15) is 0 Å². The number of hydrogen-bond donors (Lipinski definition) is 1. The molecule has 7 heteroatoms. The maximum Gasteiger partial charge on any atom is 0.235 e. The van der Waals surface area contributed by atoms with Crippen LogP contribution in [0.3, 0.4) is 0 Å². The molecule has 2 N–H and O–H groups in total. The third-order valence-corrected chi connectivity index (χ3v) is 4.44. The van der Waals surface area contributed by atoms with Gasteiger partial charge in [0.1, 0.15) is 11.5 Å². The second-order valence-corrected chi connectivity index (χ2v) is 5.81. The van der Waals surface area contributed by atoms with Gasteiger partial charge in [-0.05, 0) is 18.2 Å². The third kappa shape index (κ3) is 3.49. The number of carbonyl (C=O) groups is 1. The summed E-state index contributed by atoms with van der Waals surface area (Å²) in [6, 6.07) is 4.93. The molecule has 1 aromatic rings. The number of methoxy groups -OCH3 is 1. The third-order valence-electron chi connectivity index (χ3n) is 3.08. The van der Waals surface area contributed by atoms with Gasteiger partial charge in [-0.25, -0.2) is 0 Å². The Balaban J connectivity index is 2.05. The second kappa shape index (κ2) is 6.71. The molecule has 1 aromatic carbocycles. The molecule has 1 aliphatic rings. The van der Waals surface area contributed by atoms with Gasteiger partial charge < -0.3 is 20.1 Å². The van der Waals surface area contributed by atoms with E-state index in [1.54, 1.807) is 23.1 Å². The lowest BCUT2D eigenvalue weighted by molar-refractivity contribution is -0.132. The number of nitrogens with two attached hydrogens (primary N) is 1. The molecule has 1 unspecified atom stereocenters. The van der Waals surface area contributed by atoms with E-state index >= 15 is 0 Å². The SMILES string of the molecule is COc1ccc(N)c(S(=O)CC(=O)N2CCOCC2)c1. The van der Waals surface area contributed by atoms with Gasteiger partial charge in [-0.15, -0.1) is 0 Å². The molecule has 0 spiro atoms. The predicted molar refractivity (Wildman–Crippen MR) is 76.1 cm³/mol. The number of hydrogen-bond acceptors (Lipinski definition) is 5. The number of morpholine rings is 1. The minimum Gasteiger partial charge on any atom is -0.497 e. The summed E-state index contributed by atoms with van der Waals surface area (Å²) in [5.41, 5.74) is 6.21. The maximum atomic E-state index is 12.3. The first-order chi connectivity index (χ1) is 9.61. The molecule has 0 radical (unpaired) electrons. The molecule has 2 rings (SSSR count). The highest BCUT2D eigenvalue weighted by Gasteiger charge is 2.20. The Morgan fingerprint density at radius 1 is 1.45 bits per heavy atom. The molecule has 1 aliphatic heterocycles. The molecule has 1 saturated heterocycles. The van der Waals surface area contributed by atoms with Crippen LogP contribution in [0, 0.1) is 0 Å². The molecular formula is C13H18N2O4S. The normalized spacial score (nSPS) is 16.8. The Morgan fingerprint density at radius 2 is 2.15 bits per heavy atom. The number of nitrogens with zero attached hydrogens (tertiary/aromatic N) is 1. The van der Waals surface area contributed by atoms with E-state index in [1.807, 2.05) is 0 Å². The summed E-state index contributed by atoms with van der Waals surface area (Å²) in [4.78, 5) is 14.2. The monoisotopic (exact) mass is 298 g/mol. The van der Waals surface area contributed by atoms with Gasteiger partial charge in [-0.2, -0.15) is 0 Å². The Labute approximate surface area is 120 Å². The number of rotatable bonds is 4. The van der Waals surface area contributed by atoms with Gasteiger partial charge in [0.05, 0.1) is 36.0 Å². The van der Waals surface area contributed by atoms with E-state index in [2.05, 4.69) is 0 Å². The summed E-state index contributed by atoms with van der Waals surface area (Å²) in [7, 11) is 0.0493. The lowest BCUT2D eigenvalue weighted by atomic mass is 10.3. The van der Waals surface area contributed by atoms with Crippen LogP contribution in [-0.2, 0) is 20.3 Å². The summed E-state index contributed by atoms with van der Waals surface area (Å²) in [6.45, 7) is 2.15. The highest BCUT2D eigenvalue weighted by molar-refractivity contribution is 7.86. The van der Waals surface area contributed by atoms with Crippen LogP contribution < -0.4 is 10.5 Å².